The molecule has 1 aromatic heterocycles. The van der Waals surface area contributed by atoms with Gasteiger partial charge < -0.3 is 10.6 Å². The summed E-state index contributed by atoms with van der Waals surface area (Å²) in [6.45, 7) is 3.21. The molecule has 3 aliphatic heterocycles. The second-order valence-corrected chi connectivity index (χ2v) is 4.33. The van der Waals surface area contributed by atoms with Crippen molar-refractivity contribution < 1.29 is 0 Å². The van der Waals surface area contributed by atoms with Crippen LogP contribution in [0.2, 0.25) is 0 Å². The molecular formula is C8H14N6. The van der Waals surface area contributed by atoms with Gasteiger partial charge >= 0.3 is 0 Å². The maximum absolute atomic E-state index is 6.38. The molecule has 6 nitrogen and oxygen atoms in total. The lowest BCUT2D eigenvalue weighted by Crippen LogP contribution is -2.62. The van der Waals surface area contributed by atoms with E-state index in [-0.39, 0.29) is 5.54 Å². The molecule has 3 aliphatic rings. The van der Waals surface area contributed by atoms with Crippen molar-refractivity contribution in [3.8, 4) is 0 Å². The molecule has 3 fully saturated rings. The minimum Gasteiger partial charge on any atom is -0.317 e. The van der Waals surface area contributed by atoms with Gasteiger partial charge in [-0.3, -0.25) is 0 Å². The highest BCUT2D eigenvalue weighted by atomic mass is 15.5. The van der Waals surface area contributed by atoms with Crippen LogP contribution >= 0.6 is 0 Å². The molecule has 4 heterocycles. The van der Waals surface area contributed by atoms with Gasteiger partial charge in [0.1, 0.15) is 0 Å². The lowest BCUT2D eigenvalue weighted by atomic mass is 9.73. The first kappa shape index (κ1) is 8.31. The Kier molecular flexibility index (Phi) is 1.63. The lowest BCUT2D eigenvalue weighted by molar-refractivity contribution is 0.0219. The highest BCUT2D eigenvalue weighted by Gasteiger charge is 2.47. The summed E-state index contributed by atoms with van der Waals surface area (Å²) in [6, 6.07) is 0. The first-order chi connectivity index (χ1) is 6.79. The van der Waals surface area contributed by atoms with Gasteiger partial charge in [-0.2, -0.15) is 5.21 Å². The summed E-state index contributed by atoms with van der Waals surface area (Å²) in [5.74, 6) is 1.19. The van der Waals surface area contributed by atoms with E-state index >= 15 is 0 Å². The number of aromatic nitrogens is 4. The van der Waals surface area contributed by atoms with Gasteiger partial charge in [0.15, 0.2) is 5.82 Å². The van der Waals surface area contributed by atoms with Gasteiger partial charge in [0.25, 0.3) is 0 Å². The zero-order chi connectivity index (χ0) is 9.60. The molecule has 1 aromatic rings. The maximum Gasteiger partial charge on any atom is 0.195 e. The van der Waals surface area contributed by atoms with Crippen LogP contribution in [0.15, 0.2) is 0 Å². The first-order valence-corrected chi connectivity index (χ1v) is 5.04. The van der Waals surface area contributed by atoms with E-state index in [2.05, 4.69) is 25.5 Å². The van der Waals surface area contributed by atoms with E-state index in [0.29, 0.717) is 11.7 Å². The largest absolute Gasteiger partial charge is 0.317 e. The summed E-state index contributed by atoms with van der Waals surface area (Å²) in [5, 5.41) is 14.1. The molecule has 4 rings (SSSR count). The van der Waals surface area contributed by atoms with Gasteiger partial charge in [0, 0.05) is 6.54 Å². The average Bonchev–Trinajstić information content (AvgIpc) is 2.72. The molecule has 3 N–H and O–H groups in total. The quantitative estimate of drug-likeness (QED) is 0.604. The van der Waals surface area contributed by atoms with Crippen molar-refractivity contribution in [1.29, 1.82) is 0 Å². The number of rotatable bonds is 1. The van der Waals surface area contributed by atoms with Crippen molar-refractivity contribution in [3.63, 3.8) is 0 Å². The Labute approximate surface area is 81.8 Å². The number of hydrogen-bond donors (Lipinski definition) is 2. The van der Waals surface area contributed by atoms with E-state index in [1.807, 2.05) is 0 Å². The van der Waals surface area contributed by atoms with Crippen LogP contribution in [0.25, 0.3) is 0 Å². The van der Waals surface area contributed by atoms with E-state index in [1.54, 1.807) is 0 Å². The molecule has 0 aromatic carbocycles. The van der Waals surface area contributed by atoms with Crippen LogP contribution in [0.5, 0.6) is 0 Å². The van der Waals surface area contributed by atoms with Crippen molar-refractivity contribution in [3.05, 3.63) is 5.82 Å². The number of piperidine rings is 3. The Morgan fingerprint density at radius 3 is 2.71 bits per heavy atom. The van der Waals surface area contributed by atoms with Crippen LogP contribution in [-0.2, 0) is 5.54 Å². The Morgan fingerprint density at radius 1 is 1.43 bits per heavy atom. The molecule has 0 radical (unpaired) electrons. The fourth-order valence-electron chi connectivity index (χ4n) is 2.72. The smallest absolute Gasteiger partial charge is 0.195 e. The van der Waals surface area contributed by atoms with E-state index in [4.69, 9.17) is 5.73 Å². The minimum absolute atomic E-state index is 0.372. The number of tetrazole rings is 1. The molecule has 3 saturated heterocycles. The maximum atomic E-state index is 6.38. The van der Waals surface area contributed by atoms with Gasteiger partial charge in [-0.1, -0.05) is 5.21 Å². The van der Waals surface area contributed by atoms with Crippen LogP contribution in [0.1, 0.15) is 18.7 Å². The molecule has 2 bridgehead atoms. The first-order valence-electron chi connectivity index (χ1n) is 5.04. The van der Waals surface area contributed by atoms with Gasteiger partial charge in [0.2, 0.25) is 0 Å². The van der Waals surface area contributed by atoms with Gasteiger partial charge in [-0.05, 0) is 31.8 Å². The van der Waals surface area contributed by atoms with Crippen LogP contribution in [0.4, 0.5) is 0 Å². The Balaban J connectivity index is 1.96. The third-order valence-electron chi connectivity index (χ3n) is 3.56. The highest BCUT2D eigenvalue weighted by Crippen LogP contribution is 2.38. The van der Waals surface area contributed by atoms with Gasteiger partial charge in [0.05, 0.1) is 5.54 Å². The van der Waals surface area contributed by atoms with Crippen LogP contribution in [0.3, 0.4) is 0 Å². The second-order valence-electron chi connectivity index (χ2n) is 4.33. The Bertz CT molecular complexity index is 315. The predicted molar refractivity (Wildman–Crippen MR) is 49.2 cm³/mol. The van der Waals surface area contributed by atoms with E-state index in [9.17, 15) is 0 Å². The number of nitrogens with one attached hydrogen (secondary N) is 1. The number of nitrogens with two attached hydrogens (primary N) is 1. The second kappa shape index (κ2) is 2.74. The molecule has 0 saturated carbocycles. The highest BCUT2D eigenvalue weighted by molar-refractivity contribution is 5.11. The summed E-state index contributed by atoms with van der Waals surface area (Å²) < 4.78 is 0. The van der Waals surface area contributed by atoms with Crippen molar-refractivity contribution >= 4 is 0 Å². The number of H-pyrrole nitrogens is 1. The molecule has 14 heavy (non-hydrogen) atoms. The summed E-state index contributed by atoms with van der Waals surface area (Å²) in [7, 11) is 0. The number of aromatic amines is 1. The summed E-state index contributed by atoms with van der Waals surface area (Å²) in [5.41, 5.74) is 6.01. The van der Waals surface area contributed by atoms with Gasteiger partial charge in [-0.25, -0.2) is 0 Å². The molecule has 6 heteroatoms. The number of hydrogen-bond acceptors (Lipinski definition) is 5. The van der Waals surface area contributed by atoms with Crippen molar-refractivity contribution in [2.24, 2.45) is 11.7 Å². The Morgan fingerprint density at radius 2 is 2.21 bits per heavy atom. The molecular weight excluding hydrogens is 180 g/mol. The molecule has 1 atom stereocenters. The standard InChI is InChI=1S/C8H14N6/c9-8(7-10-12-13-11-7)5-14-3-1-6(8)2-4-14/h6H,1-5,9H2,(H,10,11,12,13). The Hall–Kier alpha value is -1.01. The summed E-state index contributed by atoms with van der Waals surface area (Å²) >= 11 is 0. The monoisotopic (exact) mass is 194 g/mol. The molecule has 0 aliphatic carbocycles. The van der Waals surface area contributed by atoms with E-state index in [1.165, 1.54) is 13.1 Å². The normalized spacial score (nSPS) is 41.5. The zero-order valence-electron chi connectivity index (χ0n) is 7.98. The van der Waals surface area contributed by atoms with Crippen LogP contribution in [-0.4, -0.2) is 45.2 Å². The van der Waals surface area contributed by atoms with E-state index < -0.39 is 0 Å². The third kappa shape index (κ3) is 1.01. The summed E-state index contributed by atoms with van der Waals surface area (Å²) in [6.07, 6.45) is 2.32. The van der Waals surface area contributed by atoms with Gasteiger partial charge in [-0.15, -0.1) is 10.2 Å². The predicted octanol–water partition coefficient (Wildman–Crippen LogP) is -0.921. The average molecular weight is 194 g/mol. The fraction of sp³-hybridized carbons (Fsp3) is 0.875. The SMILES string of the molecule is NC1(c2nn[nH]n2)CN2CCC1CC2. The van der Waals surface area contributed by atoms with Crippen molar-refractivity contribution in [1.82, 2.24) is 25.5 Å². The van der Waals surface area contributed by atoms with E-state index in [0.717, 1.165) is 19.4 Å². The van der Waals surface area contributed by atoms with Crippen LogP contribution in [0, 0.1) is 5.92 Å². The zero-order valence-corrected chi connectivity index (χ0v) is 7.98. The van der Waals surface area contributed by atoms with Crippen LogP contribution < -0.4 is 5.73 Å². The summed E-state index contributed by atoms with van der Waals surface area (Å²) in [4.78, 5) is 2.39. The molecule has 1 unspecified atom stereocenters. The molecule has 0 spiro atoms. The lowest BCUT2D eigenvalue weighted by Gasteiger charge is -2.49. The van der Waals surface area contributed by atoms with Crippen molar-refractivity contribution in [2.75, 3.05) is 19.6 Å². The van der Waals surface area contributed by atoms with Crippen molar-refractivity contribution in [2.45, 2.75) is 18.4 Å². The topological polar surface area (TPSA) is 83.7 Å². The fourth-order valence-corrected chi connectivity index (χ4v) is 2.72. The third-order valence-corrected chi connectivity index (χ3v) is 3.56. The molecule has 0 amide bonds. The number of fused-ring (bicyclic) bond motifs is 3. The number of nitrogens with zero attached hydrogens (tertiary/aromatic N) is 4. The minimum atomic E-state index is -0.372. The molecule has 76 valence electrons.